The highest BCUT2D eigenvalue weighted by Crippen LogP contribution is 2.17. The summed E-state index contributed by atoms with van der Waals surface area (Å²) in [6.07, 6.45) is 8.94. The van der Waals surface area contributed by atoms with Crippen molar-refractivity contribution in [1.82, 2.24) is 9.97 Å². The van der Waals surface area contributed by atoms with E-state index in [0.29, 0.717) is 4.90 Å². The third-order valence-electron chi connectivity index (χ3n) is 3.44. The van der Waals surface area contributed by atoms with Gasteiger partial charge in [-0.25, -0.2) is 13.4 Å². The summed E-state index contributed by atoms with van der Waals surface area (Å²) in [6.45, 7) is 1.97. The molecule has 0 saturated carbocycles. The molecular weight excluding hydrogens is 272 g/mol. The molecule has 0 amide bonds. The highest BCUT2D eigenvalue weighted by Gasteiger charge is 2.08. The number of unbranched alkanes of at least 4 members (excludes halogenated alkanes) is 1. The number of sulfone groups is 1. The Hall–Kier alpha value is -1.62. The van der Waals surface area contributed by atoms with Gasteiger partial charge in [-0.1, -0.05) is 6.07 Å². The zero-order chi connectivity index (χ0) is 14.6. The number of hydrogen-bond donors (Lipinski definition) is 1. The molecule has 0 unspecified atom stereocenters. The molecule has 0 aliphatic heterocycles. The number of nitrogens with zero attached hydrogens (tertiary/aromatic N) is 1. The van der Waals surface area contributed by atoms with Crippen LogP contribution in [0, 0.1) is 6.92 Å². The smallest absolute Gasteiger partial charge is 0.175 e. The van der Waals surface area contributed by atoms with Crippen molar-refractivity contribution in [3.63, 3.8) is 0 Å². The van der Waals surface area contributed by atoms with E-state index in [1.807, 2.05) is 19.2 Å². The van der Waals surface area contributed by atoms with E-state index in [4.69, 9.17) is 0 Å². The van der Waals surface area contributed by atoms with Crippen molar-refractivity contribution in [3.05, 3.63) is 47.5 Å². The molecule has 1 N–H and O–H groups in total. The fourth-order valence-corrected chi connectivity index (χ4v) is 2.94. The first-order chi connectivity index (χ1) is 9.47. The van der Waals surface area contributed by atoms with Crippen LogP contribution >= 0.6 is 0 Å². The standard InChI is InChI=1S/C15H20N2O2S/c1-12-9-15(20(2,18)19)8-7-13(12)5-3-4-6-14-10-16-11-17-14/h7-11H,3-6H2,1-2H3,(H,16,17). The molecule has 1 aromatic heterocycles. The third kappa shape index (κ3) is 3.93. The van der Waals surface area contributed by atoms with Gasteiger partial charge in [0.15, 0.2) is 9.84 Å². The van der Waals surface area contributed by atoms with Crippen molar-refractivity contribution in [2.75, 3.05) is 6.26 Å². The number of benzene rings is 1. The van der Waals surface area contributed by atoms with Crippen LogP contribution in [0.4, 0.5) is 0 Å². The second-order valence-electron chi connectivity index (χ2n) is 5.14. The van der Waals surface area contributed by atoms with E-state index in [2.05, 4.69) is 9.97 Å². The second kappa shape index (κ2) is 6.22. The molecule has 108 valence electrons. The van der Waals surface area contributed by atoms with Crippen molar-refractivity contribution < 1.29 is 8.42 Å². The minimum absolute atomic E-state index is 0.399. The van der Waals surface area contributed by atoms with Gasteiger partial charge < -0.3 is 4.98 Å². The van der Waals surface area contributed by atoms with Crippen LogP contribution in [0.15, 0.2) is 35.6 Å². The maximum absolute atomic E-state index is 11.5. The Balaban J connectivity index is 1.90. The minimum Gasteiger partial charge on any atom is -0.348 e. The van der Waals surface area contributed by atoms with E-state index in [1.165, 1.54) is 11.8 Å². The van der Waals surface area contributed by atoms with E-state index in [-0.39, 0.29) is 0 Å². The fourth-order valence-electron chi connectivity index (χ4n) is 2.23. The van der Waals surface area contributed by atoms with E-state index >= 15 is 0 Å². The molecule has 5 heteroatoms. The Bertz CT molecular complexity index is 661. The lowest BCUT2D eigenvalue weighted by molar-refractivity contribution is 0.601. The van der Waals surface area contributed by atoms with E-state index < -0.39 is 9.84 Å². The summed E-state index contributed by atoms with van der Waals surface area (Å²) < 4.78 is 23.0. The van der Waals surface area contributed by atoms with E-state index in [0.717, 1.165) is 36.9 Å². The van der Waals surface area contributed by atoms with Gasteiger partial charge in [0.25, 0.3) is 0 Å². The van der Waals surface area contributed by atoms with Gasteiger partial charge in [0.2, 0.25) is 0 Å². The SMILES string of the molecule is Cc1cc(S(C)(=O)=O)ccc1CCCCc1cnc[nH]1. The molecule has 2 rings (SSSR count). The lowest BCUT2D eigenvalue weighted by Gasteiger charge is -2.07. The van der Waals surface area contributed by atoms with Crippen LogP contribution in [0.5, 0.6) is 0 Å². The molecule has 0 aliphatic rings. The molecule has 0 spiro atoms. The zero-order valence-corrected chi connectivity index (χ0v) is 12.7. The monoisotopic (exact) mass is 292 g/mol. The van der Waals surface area contributed by atoms with Gasteiger partial charge in [0, 0.05) is 18.1 Å². The predicted octanol–water partition coefficient (Wildman–Crippen LogP) is 2.69. The van der Waals surface area contributed by atoms with Crippen molar-refractivity contribution in [2.24, 2.45) is 0 Å². The lowest BCUT2D eigenvalue weighted by atomic mass is 10.0. The molecule has 4 nitrogen and oxygen atoms in total. The van der Waals surface area contributed by atoms with Gasteiger partial charge in [-0.2, -0.15) is 0 Å². The fraction of sp³-hybridized carbons (Fsp3) is 0.400. The predicted molar refractivity (Wildman–Crippen MR) is 79.5 cm³/mol. The first kappa shape index (κ1) is 14.8. The number of H-pyrrole nitrogens is 1. The van der Waals surface area contributed by atoms with Crippen molar-refractivity contribution in [3.8, 4) is 0 Å². The van der Waals surface area contributed by atoms with Crippen LogP contribution in [-0.2, 0) is 22.7 Å². The Morgan fingerprint density at radius 1 is 1.20 bits per heavy atom. The average Bonchev–Trinajstić information content (AvgIpc) is 2.88. The summed E-state index contributed by atoms with van der Waals surface area (Å²) in [5, 5.41) is 0. The molecule has 20 heavy (non-hydrogen) atoms. The largest absolute Gasteiger partial charge is 0.348 e. The van der Waals surface area contributed by atoms with Crippen LogP contribution in [0.1, 0.15) is 29.7 Å². The molecule has 0 atom stereocenters. The van der Waals surface area contributed by atoms with Gasteiger partial charge in [-0.3, -0.25) is 0 Å². The second-order valence-corrected chi connectivity index (χ2v) is 7.16. The Labute approximate surface area is 120 Å². The summed E-state index contributed by atoms with van der Waals surface area (Å²) >= 11 is 0. The Morgan fingerprint density at radius 2 is 1.95 bits per heavy atom. The summed E-state index contributed by atoms with van der Waals surface area (Å²) in [6, 6.07) is 5.40. The van der Waals surface area contributed by atoms with Gasteiger partial charge in [-0.05, 0) is 55.9 Å². The quantitative estimate of drug-likeness (QED) is 0.833. The first-order valence-electron chi connectivity index (χ1n) is 6.73. The van der Waals surface area contributed by atoms with Gasteiger partial charge >= 0.3 is 0 Å². The Morgan fingerprint density at radius 3 is 2.55 bits per heavy atom. The molecule has 1 aromatic carbocycles. The maximum Gasteiger partial charge on any atom is 0.175 e. The van der Waals surface area contributed by atoms with Crippen LogP contribution < -0.4 is 0 Å². The van der Waals surface area contributed by atoms with Crippen LogP contribution in [0.3, 0.4) is 0 Å². The van der Waals surface area contributed by atoms with E-state index in [1.54, 1.807) is 18.5 Å². The van der Waals surface area contributed by atoms with Gasteiger partial charge in [0.1, 0.15) is 0 Å². The molecular formula is C15H20N2O2S. The number of rotatable bonds is 6. The van der Waals surface area contributed by atoms with Crippen LogP contribution in [0.2, 0.25) is 0 Å². The zero-order valence-electron chi connectivity index (χ0n) is 11.9. The van der Waals surface area contributed by atoms with Gasteiger partial charge in [0.05, 0.1) is 11.2 Å². The number of nitrogens with one attached hydrogen (secondary N) is 1. The number of hydrogen-bond acceptors (Lipinski definition) is 3. The number of aromatic amines is 1. The highest BCUT2D eigenvalue weighted by molar-refractivity contribution is 7.90. The van der Waals surface area contributed by atoms with Crippen LogP contribution in [0.25, 0.3) is 0 Å². The van der Waals surface area contributed by atoms with Crippen molar-refractivity contribution in [1.29, 1.82) is 0 Å². The normalized spacial score (nSPS) is 11.7. The minimum atomic E-state index is -3.11. The van der Waals surface area contributed by atoms with Crippen LogP contribution in [-0.4, -0.2) is 24.6 Å². The summed E-state index contributed by atoms with van der Waals surface area (Å²) in [5.74, 6) is 0. The number of imidazole rings is 1. The number of aromatic nitrogens is 2. The molecule has 0 saturated heterocycles. The maximum atomic E-state index is 11.5. The van der Waals surface area contributed by atoms with Crippen molar-refractivity contribution >= 4 is 9.84 Å². The molecule has 0 radical (unpaired) electrons. The first-order valence-corrected chi connectivity index (χ1v) is 8.63. The summed E-state index contributed by atoms with van der Waals surface area (Å²) in [5.41, 5.74) is 3.44. The lowest BCUT2D eigenvalue weighted by Crippen LogP contribution is -1.99. The third-order valence-corrected chi connectivity index (χ3v) is 4.55. The molecule has 1 heterocycles. The summed E-state index contributed by atoms with van der Waals surface area (Å²) in [7, 11) is -3.11. The molecule has 2 aromatic rings. The molecule has 0 bridgehead atoms. The highest BCUT2D eigenvalue weighted by atomic mass is 32.2. The van der Waals surface area contributed by atoms with Gasteiger partial charge in [-0.15, -0.1) is 0 Å². The topological polar surface area (TPSA) is 62.8 Å². The molecule has 0 fully saturated rings. The Kier molecular flexibility index (Phi) is 4.60. The average molecular weight is 292 g/mol. The molecule has 0 aliphatic carbocycles. The number of aryl methyl sites for hydroxylation is 3. The summed E-state index contributed by atoms with van der Waals surface area (Å²) in [4.78, 5) is 7.49. The van der Waals surface area contributed by atoms with E-state index in [9.17, 15) is 8.42 Å². The van der Waals surface area contributed by atoms with Crippen molar-refractivity contribution in [2.45, 2.75) is 37.5 Å².